The van der Waals surface area contributed by atoms with Crippen molar-refractivity contribution in [2.24, 2.45) is 0 Å². The number of alkyl halides is 1. The first-order valence-corrected chi connectivity index (χ1v) is 6.08. The van der Waals surface area contributed by atoms with Crippen LogP contribution >= 0.6 is 12.6 Å². The number of halogens is 1. The number of likely N-dealkylation sites (tertiary alicyclic amines) is 1. The zero-order valence-corrected chi connectivity index (χ0v) is 10.5. The molecule has 0 radical (unpaired) electrons. The van der Waals surface area contributed by atoms with Gasteiger partial charge in [0.05, 0.1) is 18.8 Å². The molecule has 1 fully saturated rings. The molecule has 0 aromatic carbocycles. The molecule has 0 bridgehead atoms. The Bertz CT molecular complexity index is 277. The lowest BCUT2D eigenvalue weighted by Gasteiger charge is -2.27. The van der Waals surface area contributed by atoms with Gasteiger partial charge in [0.2, 0.25) is 0 Å². The zero-order chi connectivity index (χ0) is 12.8. The smallest absolute Gasteiger partial charge is 0.410 e. The van der Waals surface area contributed by atoms with Gasteiger partial charge in [-0.15, -0.1) is 0 Å². The number of hydrogen-bond donors (Lipinski definition) is 2. The van der Waals surface area contributed by atoms with Crippen molar-refractivity contribution in [1.82, 2.24) is 4.90 Å². The van der Waals surface area contributed by atoms with Gasteiger partial charge >= 0.3 is 6.09 Å². The number of aliphatic hydroxyl groups is 1. The molecule has 0 aromatic heterocycles. The van der Waals surface area contributed by atoms with Gasteiger partial charge in [-0.3, -0.25) is 4.39 Å². The van der Waals surface area contributed by atoms with E-state index in [2.05, 4.69) is 19.2 Å². The highest BCUT2D eigenvalue weighted by atomic mass is 32.1. The van der Waals surface area contributed by atoms with Crippen molar-refractivity contribution in [1.29, 1.82) is 0 Å². The molecule has 98 valence electrons. The van der Waals surface area contributed by atoms with Crippen LogP contribution in [0.1, 0.15) is 12.8 Å². The molecule has 1 amide bonds. The average molecular weight is 263 g/mol. The molecule has 3 atom stereocenters. The van der Waals surface area contributed by atoms with Crippen LogP contribution in [0, 0.1) is 0 Å². The van der Waals surface area contributed by atoms with E-state index in [0.717, 1.165) is 0 Å². The molecule has 1 aliphatic rings. The molecule has 17 heavy (non-hydrogen) atoms. The first kappa shape index (κ1) is 14.3. The van der Waals surface area contributed by atoms with E-state index in [1.54, 1.807) is 0 Å². The SMILES string of the molecule is C=CCOC(=O)N1C[C@@H](S)C[C@H]1C(O)CCF. The zero-order valence-electron chi connectivity index (χ0n) is 9.59. The van der Waals surface area contributed by atoms with E-state index >= 15 is 0 Å². The maximum atomic E-state index is 12.2. The molecular weight excluding hydrogens is 245 g/mol. The van der Waals surface area contributed by atoms with Gasteiger partial charge in [0, 0.05) is 18.2 Å². The fraction of sp³-hybridized carbons (Fsp3) is 0.727. The minimum atomic E-state index is -0.867. The van der Waals surface area contributed by atoms with E-state index in [9.17, 15) is 14.3 Å². The van der Waals surface area contributed by atoms with Gasteiger partial charge in [0.25, 0.3) is 0 Å². The number of nitrogens with zero attached hydrogens (tertiary/aromatic N) is 1. The third kappa shape index (κ3) is 3.89. The van der Waals surface area contributed by atoms with Gasteiger partial charge in [-0.1, -0.05) is 12.7 Å². The quantitative estimate of drug-likeness (QED) is 0.582. The number of carbonyl (C=O) groups excluding carboxylic acids is 1. The summed E-state index contributed by atoms with van der Waals surface area (Å²) in [6, 6.07) is -0.412. The maximum Gasteiger partial charge on any atom is 0.410 e. The van der Waals surface area contributed by atoms with E-state index in [1.165, 1.54) is 11.0 Å². The average Bonchev–Trinajstić information content (AvgIpc) is 2.68. The van der Waals surface area contributed by atoms with Crippen molar-refractivity contribution >= 4 is 18.7 Å². The highest BCUT2D eigenvalue weighted by Gasteiger charge is 2.38. The molecule has 0 aromatic rings. The van der Waals surface area contributed by atoms with Gasteiger partial charge in [-0.25, -0.2) is 4.79 Å². The fourth-order valence-electron chi connectivity index (χ4n) is 1.94. The largest absolute Gasteiger partial charge is 0.445 e. The summed E-state index contributed by atoms with van der Waals surface area (Å²) in [5.74, 6) is 0. The molecule has 0 spiro atoms. The first-order chi connectivity index (χ1) is 8.10. The van der Waals surface area contributed by atoms with Crippen molar-refractivity contribution in [2.75, 3.05) is 19.8 Å². The molecule has 1 N–H and O–H groups in total. The van der Waals surface area contributed by atoms with Crippen LogP contribution in [0.25, 0.3) is 0 Å². The number of thiol groups is 1. The number of carbonyl (C=O) groups is 1. The Labute approximate surface area is 106 Å². The number of aliphatic hydroxyl groups excluding tert-OH is 1. The van der Waals surface area contributed by atoms with Crippen LogP contribution in [0.2, 0.25) is 0 Å². The minimum Gasteiger partial charge on any atom is -0.445 e. The second-order valence-corrected chi connectivity index (χ2v) is 4.75. The molecule has 4 nitrogen and oxygen atoms in total. The normalized spacial score (nSPS) is 25.7. The second kappa shape index (κ2) is 6.86. The van der Waals surface area contributed by atoms with E-state index in [1.807, 2.05) is 0 Å². The number of amides is 1. The highest BCUT2D eigenvalue weighted by Crippen LogP contribution is 2.26. The van der Waals surface area contributed by atoms with Gasteiger partial charge < -0.3 is 14.7 Å². The predicted octanol–water partition coefficient (Wildman–Crippen LogP) is 1.40. The van der Waals surface area contributed by atoms with Crippen LogP contribution in [0.15, 0.2) is 12.7 Å². The monoisotopic (exact) mass is 263 g/mol. The van der Waals surface area contributed by atoms with Crippen LogP contribution in [0.4, 0.5) is 9.18 Å². The molecule has 1 heterocycles. The Hall–Kier alpha value is -0.750. The van der Waals surface area contributed by atoms with Crippen LogP contribution in [0.5, 0.6) is 0 Å². The third-order valence-electron chi connectivity index (χ3n) is 2.73. The van der Waals surface area contributed by atoms with Gasteiger partial charge in [0.15, 0.2) is 0 Å². The second-order valence-electron chi connectivity index (χ2n) is 4.02. The Balaban J connectivity index is 2.60. The maximum absolute atomic E-state index is 12.2. The molecule has 1 aliphatic heterocycles. The molecular formula is C11H18FNO3S. The van der Waals surface area contributed by atoms with E-state index in [-0.39, 0.29) is 18.3 Å². The highest BCUT2D eigenvalue weighted by molar-refractivity contribution is 7.81. The van der Waals surface area contributed by atoms with Gasteiger partial charge in [0.1, 0.15) is 6.61 Å². The Kier molecular flexibility index (Phi) is 5.77. The van der Waals surface area contributed by atoms with E-state index in [4.69, 9.17) is 4.74 Å². The molecule has 1 saturated heterocycles. The van der Waals surface area contributed by atoms with Crippen LogP contribution < -0.4 is 0 Å². The number of rotatable bonds is 5. The molecule has 1 rings (SSSR count). The summed E-state index contributed by atoms with van der Waals surface area (Å²) < 4.78 is 17.1. The van der Waals surface area contributed by atoms with E-state index in [0.29, 0.717) is 13.0 Å². The van der Waals surface area contributed by atoms with E-state index < -0.39 is 24.9 Å². The summed E-state index contributed by atoms with van der Waals surface area (Å²) in [5, 5.41) is 9.76. The third-order valence-corrected chi connectivity index (χ3v) is 3.10. The summed E-state index contributed by atoms with van der Waals surface area (Å²) in [5.41, 5.74) is 0. The molecule has 0 aliphatic carbocycles. The first-order valence-electron chi connectivity index (χ1n) is 5.56. The van der Waals surface area contributed by atoms with Crippen molar-refractivity contribution in [3.05, 3.63) is 12.7 Å². The van der Waals surface area contributed by atoms with Gasteiger partial charge in [-0.05, 0) is 6.42 Å². The lowest BCUT2D eigenvalue weighted by atomic mass is 10.1. The fourth-order valence-corrected chi connectivity index (χ4v) is 2.33. The Morgan fingerprint density at radius 1 is 1.76 bits per heavy atom. The topological polar surface area (TPSA) is 49.8 Å². The summed E-state index contributed by atoms with van der Waals surface area (Å²) in [7, 11) is 0. The predicted molar refractivity (Wildman–Crippen MR) is 66.0 cm³/mol. The number of hydrogen-bond acceptors (Lipinski definition) is 4. The standard InChI is InChI=1S/C11H18FNO3S/c1-2-5-16-11(15)13-7-8(17)6-9(13)10(14)3-4-12/h2,8-10,14,17H,1,3-7H2/t8-,9-,10?/m0/s1. The van der Waals surface area contributed by atoms with Crippen molar-refractivity contribution < 1.29 is 19.0 Å². The van der Waals surface area contributed by atoms with Crippen LogP contribution in [-0.2, 0) is 4.74 Å². The lowest BCUT2D eigenvalue weighted by molar-refractivity contribution is 0.0482. The van der Waals surface area contributed by atoms with Crippen molar-refractivity contribution in [3.63, 3.8) is 0 Å². The summed E-state index contributed by atoms with van der Waals surface area (Å²) in [4.78, 5) is 13.1. The molecule has 0 saturated carbocycles. The van der Waals surface area contributed by atoms with Crippen molar-refractivity contribution in [2.45, 2.75) is 30.2 Å². The van der Waals surface area contributed by atoms with Crippen molar-refractivity contribution in [3.8, 4) is 0 Å². The van der Waals surface area contributed by atoms with Crippen LogP contribution in [0.3, 0.4) is 0 Å². The number of ether oxygens (including phenoxy) is 1. The Morgan fingerprint density at radius 2 is 2.47 bits per heavy atom. The summed E-state index contributed by atoms with van der Waals surface area (Å²) in [6.45, 7) is 3.37. The molecule has 1 unspecified atom stereocenters. The summed E-state index contributed by atoms with van der Waals surface area (Å²) in [6.07, 6.45) is 0.668. The molecule has 6 heteroatoms. The minimum absolute atomic E-state index is 0.00876. The summed E-state index contributed by atoms with van der Waals surface area (Å²) >= 11 is 4.28. The Morgan fingerprint density at radius 3 is 3.06 bits per heavy atom. The van der Waals surface area contributed by atoms with Crippen LogP contribution in [-0.4, -0.2) is 53.3 Å². The van der Waals surface area contributed by atoms with Gasteiger partial charge in [-0.2, -0.15) is 12.6 Å². The lowest BCUT2D eigenvalue weighted by Crippen LogP contribution is -2.43.